The monoisotopic (exact) mass is 289 g/mol. The Bertz CT molecular complexity index is 617. The fourth-order valence-electron chi connectivity index (χ4n) is 1.83. The number of nitrogens with zero attached hydrogens (tertiary/aromatic N) is 2. The largest absolute Gasteiger partial charge is 0.492 e. The summed E-state index contributed by atoms with van der Waals surface area (Å²) in [6.45, 7) is 0.881. The van der Waals surface area contributed by atoms with Crippen molar-refractivity contribution in [3.63, 3.8) is 0 Å². The molecule has 6 heteroatoms. The van der Waals surface area contributed by atoms with Gasteiger partial charge in [-0.2, -0.15) is 0 Å². The zero-order valence-corrected chi connectivity index (χ0v) is 11.6. The highest BCUT2D eigenvalue weighted by Crippen LogP contribution is 2.15. The van der Waals surface area contributed by atoms with E-state index >= 15 is 0 Å². The second kappa shape index (κ2) is 6.69. The van der Waals surface area contributed by atoms with Crippen molar-refractivity contribution in [3.05, 3.63) is 54.0 Å². The van der Waals surface area contributed by atoms with E-state index in [1.54, 1.807) is 42.4 Å². The highest BCUT2D eigenvalue weighted by molar-refractivity contribution is 5.97. The van der Waals surface area contributed by atoms with Crippen molar-refractivity contribution >= 4 is 11.7 Å². The van der Waals surface area contributed by atoms with Gasteiger partial charge < -0.3 is 15.4 Å². The molecule has 0 spiro atoms. The van der Waals surface area contributed by atoms with Crippen LogP contribution in [0.25, 0.3) is 0 Å². The summed E-state index contributed by atoms with van der Waals surface area (Å²) in [4.78, 5) is 17.3. The van der Waals surface area contributed by atoms with Crippen LogP contribution in [0.5, 0.6) is 5.75 Å². The maximum atomic E-state index is 12.8. The first kappa shape index (κ1) is 14.8. The van der Waals surface area contributed by atoms with Crippen molar-refractivity contribution in [1.82, 2.24) is 4.98 Å². The fourth-order valence-corrected chi connectivity index (χ4v) is 1.83. The quantitative estimate of drug-likeness (QED) is 0.881. The lowest BCUT2D eigenvalue weighted by Gasteiger charge is -2.20. The van der Waals surface area contributed by atoms with Crippen molar-refractivity contribution in [3.8, 4) is 5.75 Å². The number of hydrogen-bond acceptors (Lipinski definition) is 4. The Morgan fingerprint density at radius 1 is 1.33 bits per heavy atom. The van der Waals surface area contributed by atoms with Gasteiger partial charge in [0.15, 0.2) is 0 Å². The molecule has 2 N–H and O–H groups in total. The average molecular weight is 289 g/mol. The third kappa shape index (κ3) is 3.92. The molecule has 110 valence electrons. The molecule has 0 aliphatic rings. The van der Waals surface area contributed by atoms with Gasteiger partial charge in [0, 0.05) is 13.2 Å². The molecule has 1 aromatic heterocycles. The number of carbonyl (C=O) groups is 1. The zero-order chi connectivity index (χ0) is 15.2. The Labute approximate surface area is 122 Å². The number of aromatic nitrogens is 1. The van der Waals surface area contributed by atoms with Crippen LogP contribution in [-0.2, 0) is 0 Å². The van der Waals surface area contributed by atoms with Crippen molar-refractivity contribution in [1.29, 1.82) is 0 Å². The Hall–Kier alpha value is -2.63. The summed E-state index contributed by atoms with van der Waals surface area (Å²) in [7, 11) is 1.79. The predicted molar refractivity (Wildman–Crippen MR) is 77.9 cm³/mol. The molecular weight excluding hydrogens is 273 g/mol. The predicted octanol–water partition coefficient (Wildman–Crippen LogP) is 1.83. The highest BCUT2D eigenvalue weighted by Gasteiger charge is 2.12. The molecule has 0 saturated heterocycles. The van der Waals surface area contributed by atoms with Crippen LogP contribution in [0, 0.1) is 5.82 Å². The van der Waals surface area contributed by atoms with Gasteiger partial charge >= 0.3 is 0 Å². The highest BCUT2D eigenvalue weighted by atomic mass is 19.1. The molecule has 1 aromatic carbocycles. The fraction of sp³-hybridized carbons (Fsp3) is 0.200. The SMILES string of the molecule is CN(CCOc1ccc(F)cc1)c1ncccc1C(N)=O. The molecule has 0 saturated carbocycles. The number of benzene rings is 1. The van der Waals surface area contributed by atoms with Gasteiger partial charge in [-0.05, 0) is 36.4 Å². The van der Waals surface area contributed by atoms with Crippen molar-refractivity contribution in [2.75, 3.05) is 25.1 Å². The minimum atomic E-state index is -0.524. The lowest BCUT2D eigenvalue weighted by Crippen LogP contribution is -2.27. The second-order valence-corrected chi connectivity index (χ2v) is 4.46. The molecule has 0 atom stereocenters. The number of nitrogens with two attached hydrogens (primary N) is 1. The number of anilines is 1. The molecule has 5 nitrogen and oxygen atoms in total. The van der Waals surface area contributed by atoms with E-state index in [0.717, 1.165) is 0 Å². The number of rotatable bonds is 6. The van der Waals surface area contributed by atoms with Gasteiger partial charge in [-0.15, -0.1) is 0 Å². The summed E-state index contributed by atoms with van der Waals surface area (Å²) in [6.07, 6.45) is 1.60. The molecule has 0 aliphatic carbocycles. The van der Waals surface area contributed by atoms with E-state index in [4.69, 9.17) is 10.5 Å². The van der Waals surface area contributed by atoms with Crippen LogP contribution >= 0.6 is 0 Å². The van der Waals surface area contributed by atoms with Crippen LogP contribution < -0.4 is 15.4 Å². The van der Waals surface area contributed by atoms with Gasteiger partial charge in [0.25, 0.3) is 5.91 Å². The number of halogens is 1. The molecule has 0 unspecified atom stereocenters. The summed E-state index contributed by atoms with van der Waals surface area (Å²) >= 11 is 0. The second-order valence-electron chi connectivity index (χ2n) is 4.46. The Kier molecular flexibility index (Phi) is 4.71. The third-order valence-electron chi connectivity index (χ3n) is 2.92. The Balaban J connectivity index is 1.94. The third-order valence-corrected chi connectivity index (χ3v) is 2.92. The number of ether oxygens (including phenoxy) is 1. The lowest BCUT2D eigenvalue weighted by molar-refractivity contribution is 0.100. The standard InChI is InChI=1S/C15H16FN3O2/c1-19(15-13(14(17)20)3-2-8-18-15)9-10-21-12-6-4-11(16)5-7-12/h2-8H,9-10H2,1H3,(H2,17,20). The normalized spacial score (nSPS) is 10.2. The van der Waals surface area contributed by atoms with Crippen molar-refractivity contribution in [2.45, 2.75) is 0 Å². The van der Waals surface area contributed by atoms with Crippen LogP contribution in [0.1, 0.15) is 10.4 Å². The van der Waals surface area contributed by atoms with E-state index < -0.39 is 5.91 Å². The molecule has 1 amide bonds. The van der Waals surface area contributed by atoms with E-state index in [0.29, 0.717) is 30.3 Å². The molecule has 0 bridgehead atoms. The van der Waals surface area contributed by atoms with Crippen LogP contribution in [0.3, 0.4) is 0 Å². The number of likely N-dealkylation sites (N-methyl/N-ethyl adjacent to an activating group) is 1. The first-order chi connectivity index (χ1) is 10.1. The van der Waals surface area contributed by atoms with Gasteiger partial charge in [0.2, 0.25) is 0 Å². The number of hydrogen-bond donors (Lipinski definition) is 1. The van der Waals surface area contributed by atoms with Gasteiger partial charge in [-0.3, -0.25) is 4.79 Å². The van der Waals surface area contributed by atoms with Gasteiger partial charge in [0.1, 0.15) is 24.0 Å². The number of primary amides is 1. The summed E-state index contributed by atoms with van der Waals surface area (Å²) in [5, 5.41) is 0. The summed E-state index contributed by atoms with van der Waals surface area (Å²) in [5.74, 6) is 0.261. The smallest absolute Gasteiger partial charge is 0.252 e. The number of pyridine rings is 1. The van der Waals surface area contributed by atoms with Gasteiger partial charge in [-0.25, -0.2) is 9.37 Å². The van der Waals surface area contributed by atoms with Crippen LogP contribution in [0.2, 0.25) is 0 Å². The molecule has 21 heavy (non-hydrogen) atoms. The molecular formula is C15H16FN3O2. The van der Waals surface area contributed by atoms with Crippen LogP contribution in [-0.4, -0.2) is 31.1 Å². The summed E-state index contributed by atoms with van der Waals surface area (Å²) < 4.78 is 18.3. The molecule has 0 radical (unpaired) electrons. The molecule has 2 aromatic rings. The Morgan fingerprint density at radius 2 is 2.05 bits per heavy atom. The molecule has 1 heterocycles. The van der Waals surface area contributed by atoms with E-state index in [9.17, 15) is 9.18 Å². The zero-order valence-electron chi connectivity index (χ0n) is 11.6. The first-order valence-electron chi connectivity index (χ1n) is 6.42. The van der Waals surface area contributed by atoms with Crippen molar-refractivity contribution < 1.29 is 13.9 Å². The lowest BCUT2D eigenvalue weighted by atomic mass is 10.2. The van der Waals surface area contributed by atoms with Crippen LogP contribution in [0.15, 0.2) is 42.6 Å². The topological polar surface area (TPSA) is 68.4 Å². The molecule has 0 fully saturated rings. The van der Waals surface area contributed by atoms with Gasteiger partial charge in [0.05, 0.1) is 12.1 Å². The van der Waals surface area contributed by atoms with E-state index in [-0.39, 0.29) is 5.82 Å². The summed E-state index contributed by atoms with van der Waals surface area (Å²) in [6, 6.07) is 9.08. The van der Waals surface area contributed by atoms with Crippen LogP contribution in [0.4, 0.5) is 10.2 Å². The minimum Gasteiger partial charge on any atom is -0.492 e. The van der Waals surface area contributed by atoms with E-state index in [1.165, 1.54) is 12.1 Å². The van der Waals surface area contributed by atoms with Gasteiger partial charge in [-0.1, -0.05) is 0 Å². The molecule has 2 rings (SSSR count). The summed E-state index contributed by atoms with van der Waals surface area (Å²) in [5.41, 5.74) is 5.68. The Morgan fingerprint density at radius 3 is 2.71 bits per heavy atom. The average Bonchev–Trinajstić information content (AvgIpc) is 2.49. The number of carbonyl (C=O) groups excluding carboxylic acids is 1. The maximum Gasteiger partial charge on any atom is 0.252 e. The molecule has 0 aliphatic heterocycles. The maximum absolute atomic E-state index is 12.8. The van der Waals surface area contributed by atoms with Crippen molar-refractivity contribution in [2.24, 2.45) is 5.73 Å². The number of amides is 1. The first-order valence-corrected chi connectivity index (χ1v) is 6.42. The minimum absolute atomic E-state index is 0.306. The van der Waals surface area contributed by atoms with E-state index in [2.05, 4.69) is 4.98 Å². The van der Waals surface area contributed by atoms with E-state index in [1.807, 2.05) is 0 Å².